The van der Waals surface area contributed by atoms with Gasteiger partial charge in [-0.3, -0.25) is 9.36 Å². The molecule has 0 bridgehead atoms. The van der Waals surface area contributed by atoms with Gasteiger partial charge in [0.15, 0.2) is 16.3 Å². The molecule has 206 valence electrons. The van der Waals surface area contributed by atoms with Crippen molar-refractivity contribution in [2.75, 3.05) is 20.8 Å². The molecule has 2 aromatic carbocycles. The van der Waals surface area contributed by atoms with Crippen LogP contribution >= 0.6 is 38.9 Å². The van der Waals surface area contributed by atoms with Crippen LogP contribution in [0.25, 0.3) is 6.08 Å². The molecule has 1 atom stereocenters. The number of allylic oxidation sites excluding steroid dienone is 1. The first-order chi connectivity index (χ1) is 18.6. The molecule has 0 aliphatic carbocycles. The van der Waals surface area contributed by atoms with Crippen LogP contribution in [-0.4, -0.2) is 37.5 Å². The molecule has 3 aromatic rings. The number of rotatable bonds is 8. The maximum absolute atomic E-state index is 14.0. The Balaban J connectivity index is 1.98. The van der Waals surface area contributed by atoms with E-state index in [1.54, 1.807) is 52.2 Å². The van der Waals surface area contributed by atoms with Gasteiger partial charge in [0.2, 0.25) is 0 Å². The maximum atomic E-state index is 14.0. The number of esters is 1. The lowest BCUT2D eigenvalue weighted by Crippen LogP contribution is -2.40. The average Bonchev–Trinajstić information content (AvgIpc) is 3.17. The minimum Gasteiger partial charge on any atom is -0.496 e. The summed E-state index contributed by atoms with van der Waals surface area (Å²) < 4.78 is 25.0. The summed E-state index contributed by atoms with van der Waals surface area (Å²) in [6.45, 7) is 7.56. The number of halogens is 2. The van der Waals surface area contributed by atoms with Crippen LogP contribution in [-0.2, 0) is 9.53 Å². The second kappa shape index (κ2) is 12.0. The van der Waals surface area contributed by atoms with Gasteiger partial charge in [0, 0.05) is 10.0 Å². The van der Waals surface area contributed by atoms with E-state index in [-0.39, 0.29) is 17.2 Å². The largest absolute Gasteiger partial charge is 0.496 e. The predicted octanol–water partition coefficient (Wildman–Crippen LogP) is 5.02. The van der Waals surface area contributed by atoms with Gasteiger partial charge in [-0.2, -0.15) is 0 Å². The zero-order valence-corrected chi connectivity index (χ0v) is 25.5. The minimum absolute atomic E-state index is 0.269. The average molecular weight is 636 g/mol. The molecular weight excluding hydrogens is 608 g/mol. The quantitative estimate of drug-likeness (QED) is 0.323. The van der Waals surface area contributed by atoms with Gasteiger partial charge in [-0.1, -0.05) is 38.9 Å². The molecule has 0 unspecified atom stereocenters. The lowest BCUT2D eigenvalue weighted by Gasteiger charge is -2.26. The number of carbonyl (C=O) groups excluding carboxylic acids is 1. The fraction of sp³-hybridized carbons (Fsp3) is 0.321. The summed E-state index contributed by atoms with van der Waals surface area (Å²) in [5.74, 6) is 0.863. The van der Waals surface area contributed by atoms with Crippen molar-refractivity contribution in [2.45, 2.75) is 39.8 Å². The number of hydrogen-bond acceptors (Lipinski definition) is 8. The van der Waals surface area contributed by atoms with Gasteiger partial charge in [-0.25, -0.2) is 9.79 Å². The molecule has 11 heteroatoms. The number of carbonyl (C=O) groups is 1. The number of thiazole rings is 1. The van der Waals surface area contributed by atoms with Gasteiger partial charge in [0.05, 0.1) is 47.8 Å². The van der Waals surface area contributed by atoms with E-state index in [0.29, 0.717) is 55.0 Å². The molecule has 0 saturated carbocycles. The number of fused-ring (bicyclic) bond motifs is 1. The van der Waals surface area contributed by atoms with E-state index in [9.17, 15) is 9.59 Å². The summed E-state index contributed by atoms with van der Waals surface area (Å²) in [5.41, 5.74) is 1.69. The lowest BCUT2D eigenvalue weighted by atomic mass is 9.95. The van der Waals surface area contributed by atoms with Crippen LogP contribution < -0.4 is 29.1 Å². The molecule has 0 amide bonds. The SMILES string of the molecule is CCOc1cc(/C=c2\sc3n(c2=O)[C@@H](c2cc(Br)ccc2OC)C(C(=O)OC(C)C)=C(C)N=3)cc(Cl)c1OC. The maximum Gasteiger partial charge on any atom is 0.338 e. The van der Waals surface area contributed by atoms with Crippen molar-refractivity contribution in [2.24, 2.45) is 4.99 Å². The van der Waals surface area contributed by atoms with E-state index in [1.165, 1.54) is 23.0 Å². The monoisotopic (exact) mass is 634 g/mol. The third-order valence-electron chi connectivity index (χ3n) is 5.90. The topological polar surface area (TPSA) is 88.4 Å². The Morgan fingerprint density at radius 2 is 1.95 bits per heavy atom. The Hall–Kier alpha value is -3.08. The van der Waals surface area contributed by atoms with Crippen molar-refractivity contribution in [1.29, 1.82) is 0 Å². The van der Waals surface area contributed by atoms with Crippen molar-refractivity contribution < 1.29 is 23.7 Å². The van der Waals surface area contributed by atoms with Gasteiger partial charge in [-0.15, -0.1) is 0 Å². The van der Waals surface area contributed by atoms with E-state index < -0.39 is 12.0 Å². The van der Waals surface area contributed by atoms with Gasteiger partial charge < -0.3 is 18.9 Å². The number of hydrogen-bond donors (Lipinski definition) is 0. The van der Waals surface area contributed by atoms with Crippen LogP contribution in [0.1, 0.15) is 44.9 Å². The number of aromatic nitrogens is 1. The molecule has 0 radical (unpaired) electrons. The summed E-state index contributed by atoms with van der Waals surface area (Å²) in [6, 6.07) is 8.09. The van der Waals surface area contributed by atoms with Crippen LogP contribution in [0.5, 0.6) is 17.2 Å². The van der Waals surface area contributed by atoms with Gasteiger partial charge >= 0.3 is 5.97 Å². The fourth-order valence-electron chi connectivity index (χ4n) is 4.36. The molecule has 0 fully saturated rings. The molecule has 0 N–H and O–H groups in total. The first-order valence-corrected chi connectivity index (χ1v) is 14.2. The molecule has 39 heavy (non-hydrogen) atoms. The second-order valence-corrected chi connectivity index (χ2v) is 11.2. The highest BCUT2D eigenvalue weighted by Gasteiger charge is 2.35. The zero-order chi connectivity index (χ0) is 28.4. The van der Waals surface area contributed by atoms with E-state index in [1.807, 2.05) is 19.1 Å². The van der Waals surface area contributed by atoms with Crippen molar-refractivity contribution >= 4 is 50.9 Å². The highest BCUT2D eigenvalue weighted by Crippen LogP contribution is 2.38. The van der Waals surface area contributed by atoms with E-state index in [2.05, 4.69) is 20.9 Å². The summed E-state index contributed by atoms with van der Waals surface area (Å²) in [6.07, 6.45) is 1.37. The first kappa shape index (κ1) is 28.9. The number of nitrogens with zero attached hydrogens (tertiary/aromatic N) is 2. The van der Waals surface area contributed by atoms with Gasteiger partial charge in [0.25, 0.3) is 5.56 Å². The van der Waals surface area contributed by atoms with E-state index in [0.717, 1.165) is 4.47 Å². The normalized spacial score (nSPS) is 15.2. The highest BCUT2D eigenvalue weighted by molar-refractivity contribution is 9.10. The van der Waals surface area contributed by atoms with Crippen molar-refractivity contribution in [3.63, 3.8) is 0 Å². The molecule has 1 aromatic heterocycles. The third kappa shape index (κ3) is 5.78. The molecule has 4 rings (SSSR count). The summed E-state index contributed by atoms with van der Waals surface area (Å²) in [5, 5.41) is 0.355. The second-order valence-electron chi connectivity index (χ2n) is 8.89. The van der Waals surface area contributed by atoms with Crippen molar-refractivity contribution in [3.8, 4) is 17.2 Å². The number of methoxy groups -OCH3 is 2. The van der Waals surface area contributed by atoms with Gasteiger partial charge in [-0.05, 0) is 69.7 Å². The van der Waals surface area contributed by atoms with Crippen LogP contribution in [0.15, 0.2) is 55.9 Å². The third-order valence-corrected chi connectivity index (χ3v) is 7.66. The standard InChI is InChI=1S/C28H28BrClN2O6S/c1-7-37-21-11-16(10-19(30)25(21)36-6)12-22-26(33)32-24(18-13-17(29)8-9-20(18)35-5)23(27(34)38-14(2)3)15(4)31-28(32)39-22/h8-14,24H,7H2,1-6H3/b22-12-/t24-/m0/s1. The predicted molar refractivity (Wildman–Crippen MR) is 155 cm³/mol. The smallest absolute Gasteiger partial charge is 0.338 e. The number of benzene rings is 2. The Labute approximate surface area is 243 Å². The Kier molecular flexibility index (Phi) is 8.88. The highest BCUT2D eigenvalue weighted by atomic mass is 79.9. The van der Waals surface area contributed by atoms with Gasteiger partial charge in [0.1, 0.15) is 11.8 Å². The van der Waals surface area contributed by atoms with Crippen LogP contribution in [0.2, 0.25) is 5.02 Å². The van der Waals surface area contributed by atoms with E-state index in [4.69, 9.17) is 30.5 Å². The molecule has 0 spiro atoms. The number of ether oxygens (including phenoxy) is 4. The lowest BCUT2D eigenvalue weighted by molar-refractivity contribution is -0.143. The summed E-state index contributed by atoms with van der Waals surface area (Å²) >= 11 is 11.2. The molecule has 8 nitrogen and oxygen atoms in total. The van der Waals surface area contributed by atoms with E-state index >= 15 is 0 Å². The molecule has 2 heterocycles. The fourth-order valence-corrected chi connectivity index (χ4v) is 6.08. The van der Waals surface area contributed by atoms with Crippen LogP contribution in [0.3, 0.4) is 0 Å². The van der Waals surface area contributed by atoms with Crippen molar-refractivity contribution in [1.82, 2.24) is 4.57 Å². The molecule has 1 aliphatic heterocycles. The van der Waals surface area contributed by atoms with Crippen LogP contribution in [0, 0.1) is 0 Å². The Bertz CT molecular complexity index is 1640. The molecular formula is C28H28BrClN2O6S. The first-order valence-electron chi connectivity index (χ1n) is 12.2. The van der Waals surface area contributed by atoms with Crippen molar-refractivity contribution in [3.05, 3.63) is 81.9 Å². The summed E-state index contributed by atoms with van der Waals surface area (Å²) in [7, 11) is 3.06. The van der Waals surface area contributed by atoms with Crippen LogP contribution in [0.4, 0.5) is 0 Å². The zero-order valence-electron chi connectivity index (χ0n) is 22.3. The molecule has 1 aliphatic rings. The Morgan fingerprint density at radius 3 is 2.59 bits per heavy atom. The Morgan fingerprint density at radius 1 is 1.21 bits per heavy atom. The summed E-state index contributed by atoms with van der Waals surface area (Å²) in [4.78, 5) is 32.4. The minimum atomic E-state index is -0.819. The molecule has 0 saturated heterocycles.